The van der Waals surface area contributed by atoms with E-state index in [1.54, 1.807) is 11.5 Å². The van der Waals surface area contributed by atoms with Crippen LogP contribution in [0.1, 0.15) is 64.4 Å². The molecular weight excluding hydrogens is 440 g/mol. The molecule has 3 amide bonds. The Morgan fingerprint density at radius 3 is 2.53 bits per heavy atom. The molecule has 3 rings (SSSR count). The molecule has 1 aliphatic rings. The third kappa shape index (κ3) is 5.28. The first-order valence-corrected chi connectivity index (χ1v) is 11.0. The van der Waals surface area contributed by atoms with Crippen LogP contribution < -0.4 is 16.8 Å². The minimum atomic E-state index is -0.937. The molecule has 2 aromatic heterocycles. The Kier molecular flexibility index (Phi) is 7.18. The van der Waals surface area contributed by atoms with Crippen LogP contribution in [0.2, 0.25) is 0 Å². The molecule has 2 aromatic rings. The largest absolute Gasteiger partial charge is 0.462 e. The third-order valence-electron chi connectivity index (χ3n) is 4.67. The predicted octanol–water partition coefficient (Wildman–Crippen LogP) is 0.939. The number of furan rings is 1. The summed E-state index contributed by atoms with van der Waals surface area (Å²) in [6, 6.07) is 0. The van der Waals surface area contributed by atoms with Crippen LogP contribution in [0.3, 0.4) is 0 Å². The second-order valence-electron chi connectivity index (χ2n) is 7.14. The van der Waals surface area contributed by atoms with Gasteiger partial charge < -0.3 is 25.2 Å². The van der Waals surface area contributed by atoms with E-state index in [1.165, 1.54) is 6.92 Å². The van der Waals surface area contributed by atoms with E-state index in [-0.39, 0.29) is 41.6 Å². The quantitative estimate of drug-likeness (QED) is 0.321. The Balaban J connectivity index is 1.72. The van der Waals surface area contributed by atoms with Crippen LogP contribution in [0.5, 0.6) is 0 Å². The maximum absolute atomic E-state index is 12.5. The van der Waals surface area contributed by atoms with Gasteiger partial charge in [0.15, 0.2) is 5.16 Å². The number of amides is 3. The number of nitrogens with zero attached hydrogens (tertiary/aromatic N) is 3. The number of nitrogens with two attached hydrogens (primary N) is 2. The maximum Gasteiger partial charge on any atom is 0.342 e. The van der Waals surface area contributed by atoms with Gasteiger partial charge in [-0.3, -0.25) is 19.7 Å². The highest BCUT2D eigenvalue weighted by Gasteiger charge is 2.31. The normalized spacial score (nSPS) is 13.1. The summed E-state index contributed by atoms with van der Waals surface area (Å²) in [6.45, 7) is 3.50. The SMILES string of the molecule is CCOC(=O)c1c(C)oc(NC(=O)CSc2nnc(C3CC3)n2CCC(N)=O)c1C(N)=O. The van der Waals surface area contributed by atoms with E-state index in [2.05, 4.69) is 15.5 Å². The van der Waals surface area contributed by atoms with Crippen molar-refractivity contribution in [1.82, 2.24) is 14.8 Å². The van der Waals surface area contributed by atoms with Crippen molar-refractivity contribution < 1.29 is 28.3 Å². The topological polar surface area (TPSA) is 185 Å². The lowest BCUT2D eigenvalue weighted by Gasteiger charge is -2.08. The number of aromatic nitrogens is 3. The van der Waals surface area contributed by atoms with Crippen LogP contribution >= 0.6 is 11.8 Å². The molecule has 5 N–H and O–H groups in total. The summed E-state index contributed by atoms with van der Waals surface area (Å²) in [6.07, 6.45) is 2.12. The molecule has 0 unspecified atom stereocenters. The van der Waals surface area contributed by atoms with Crippen molar-refractivity contribution in [2.75, 3.05) is 17.7 Å². The molecule has 0 bridgehead atoms. The second kappa shape index (κ2) is 9.85. The first-order valence-electron chi connectivity index (χ1n) is 9.97. The maximum atomic E-state index is 12.5. The lowest BCUT2D eigenvalue weighted by molar-refractivity contribution is -0.118. The van der Waals surface area contributed by atoms with Crippen molar-refractivity contribution in [1.29, 1.82) is 0 Å². The fourth-order valence-corrected chi connectivity index (χ4v) is 3.86. The van der Waals surface area contributed by atoms with Crippen molar-refractivity contribution >= 4 is 41.3 Å². The van der Waals surface area contributed by atoms with E-state index in [0.717, 1.165) is 30.4 Å². The average Bonchev–Trinajstić information content (AvgIpc) is 3.39. The Morgan fingerprint density at radius 2 is 1.94 bits per heavy atom. The number of primary amides is 2. The number of rotatable bonds is 11. The third-order valence-corrected chi connectivity index (χ3v) is 5.63. The highest BCUT2D eigenvalue weighted by Crippen LogP contribution is 2.40. The molecule has 2 heterocycles. The standard InChI is InChI=1S/C19H24N6O6S/c1-3-30-18(29)13-9(2)31-17(14(13)15(21)28)22-12(27)8-32-19-24-23-16(10-4-5-10)25(19)7-6-11(20)26/h10H,3-8H2,1-2H3,(H2,20,26)(H2,21,28)(H,22,27). The first-order chi connectivity index (χ1) is 15.2. The lowest BCUT2D eigenvalue weighted by Crippen LogP contribution is -2.21. The second-order valence-corrected chi connectivity index (χ2v) is 8.08. The van der Waals surface area contributed by atoms with E-state index in [9.17, 15) is 19.2 Å². The zero-order valence-electron chi connectivity index (χ0n) is 17.7. The van der Waals surface area contributed by atoms with Crippen LogP contribution in [0, 0.1) is 6.92 Å². The first kappa shape index (κ1) is 23.3. The monoisotopic (exact) mass is 464 g/mol. The molecule has 1 saturated carbocycles. The molecule has 0 aliphatic heterocycles. The summed E-state index contributed by atoms with van der Waals surface area (Å²) in [5, 5.41) is 11.3. The van der Waals surface area contributed by atoms with Gasteiger partial charge in [0, 0.05) is 18.9 Å². The molecular formula is C19H24N6O6S. The van der Waals surface area contributed by atoms with Crippen molar-refractivity contribution in [3.8, 4) is 0 Å². The fourth-order valence-electron chi connectivity index (χ4n) is 3.09. The van der Waals surface area contributed by atoms with Crippen LogP contribution in [0.4, 0.5) is 5.88 Å². The van der Waals surface area contributed by atoms with E-state index in [0.29, 0.717) is 17.6 Å². The molecule has 1 aliphatic carbocycles. The Bertz CT molecular complexity index is 1060. The average molecular weight is 465 g/mol. The Hall–Kier alpha value is -3.35. The highest BCUT2D eigenvalue weighted by atomic mass is 32.2. The van der Waals surface area contributed by atoms with Gasteiger partial charge in [-0.1, -0.05) is 11.8 Å². The van der Waals surface area contributed by atoms with Gasteiger partial charge in [-0.15, -0.1) is 10.2 Å². The summed E-state index contributed by atoms with van der Waals surface area (Å²) in [5.41, 5.74) is 10.3. The number of carbonyl (C=O) groups excluding carboxylic acids is 4. The molecule has 172 valence electrons. The molecule has 0 spiro atoms. The lowest BCUT2D eigenvalue weighted by atomic mass is 10.1. The summed E-state index contributed by atoms with van der Waals surface area (Å²) < 4.78 is 12.1. The molecule has 12 nitrogen and oxygen atoms in total. The number of thioether (sulfide) groups is 1. The molecule has 13 heteroatoms. The van der Waals surface area contributed by atoms with Crippen molar-refractivity contribution in [2.45, 2.75) is 50.7 Å². The predicted molar refractivity (Wildman–Crippen MR) is 113 cm³/mol. The van der Waals surface area contributed by atoms with Gasteiger partial charge in [-0.2, -0.15) is 0 Å². The minimum Gasteiger partial charge on any atom is -0.462 e. The number of anilines is 1. The van der Waals surface area contributed by atoms with E-state index < -0.39 is 23.7 Å². The molecule has 0 atom stereocenters. The van der Waals surface area contributed by atoms with Crippen LogP contribution in [0.25, 0.3) is 0 Å². The van der Waals surface area contributed by atoms with Gasteiger partial charge in [-0.05, 0) is 26.7 Å². The molecule has 0 aromatic carbocycles. The zero-order chi connectivity index (χ0) is 23.4. The van der Waals surface area contributed by atoms with Crippen LogP contribution in [-0.4, -0.2) is 50.8 Å². The Labute approximate surface area is 187 Å². The number of aryl methyl sites for hydroxylation is 1. The van der Waals surface area contributed by atoms with Gasteiger partial charge in [-0.25, -0.2) is 4.79 Å². The zero-order valence-corrected chi connectivity index (χ0v) is 18.5. The van der Waals surface area contributed by atoms with Gasteiger partial charge in [0.1, 0.15) is 22.7 Å². The van der Waals surface area contributed by atoms with Crippen molar-refractivity contribution in [3.63, 3.8) is 0 Å². The van der Waals surface area contributed by atoms with Gasteiger partial charge in [0.25, 0.3) is 5.91 Å². The fraction of sp³-hybridized carbons (Fsp3) is 0.474. The smallest absolute Gasteiger partial charge is 0.342 e. The summed E-state index contributed by atoms with van der Waals surface area (Å²) in [4.78, 5) is 47.8. The molecule has 32 heavy (non-hydrogen) atoms. The van der Waals surface area contributed by atoms with E-state index in [4.69, 9.17) is 20.6 Å². The van der Waals surface area contributed by atoms with Crippen molar-refractivity contribution in [3.05, 3.63) is 22.7 Å². The van der Waals surface area contributed by atoms with Gasteiger partial charge in [0.05, 0.1) is 12.4 Å². The summed E-state index contributed by atoms with van der Waals surface area (Å²) in [5.74, 6) is -1.82. The number of ether oxygens (including phenoxy) is 1. The van der Waals surface area contributed by atoms with E-state index >= 15 is 0 Å². The molecule has 0 radical (unpaired) electrons. The number of nitrogens with one attached hydrogen (secondary N) is 1. The minimum absolute atomic E-state index is 0.0912. The van der Waals surface area contributed by atoms with Crippen molar-refractivity contribution in [2.24, 2.45) is 11.5 Å². The van der Waals surface area contributed by atoms with Gasteiger partial charge >= 0.3 is 5.97 Å². The summed E-state index contributed by atoms with van der Waals surface area (Å²) in [7, 11) is 0. The highest BCUT2D eigenvalue weighted by molar-refractivity contribution is 7.99. The van der Waals surface area contributed by atoms with Crippen LogP contribution in [0.15, 0.2) is 9.57 Å². The Morgan fingerprint density at radius 1 is 1.22 bits per heavy atom. The molecule has 0 saturated heterocycles. The number of hydrogen-bond donors (Lipinski definition) is 3. The van der Waals surface area contributed by atoms with Gasteiger partial charge in [0.2, 0.25) is 17.7 Å². The van der Waals surface area contributed by atoms with E-state index in [1.807, 2.05) is 0 Å². The number of carbonyl (C=O) groups is 4. The number of hydrogen-bond acceptors (Lipinski definition) is 9. The van der Waals surface area contributed by atoms with Crippen LogP contribution in [-0.2, 0) is 20.9 Å². The molecule has 1 fully saturated rings. The number of esters is 1. The summed E-state index contributed by atoms with van der Waals surface area (Å²) >= 11 is 1.11.